The van der Waals surface area contributed by atoms with E-state index in [1.807, 2.05) is 6.92 Å². The number of ether oxygens (including phenoxy) is 1. The Morgan fingerprint density at radius 2 is 1.90 bits per heavy atom. The number of halogens is 2. The fraction of sp³-hybridized carbons (Fsp3) is 0.429. The van der Waals surface area contributed by atoms with Crippen molar-refractivity contribution in [1.82, 2.24) is 5.32 Å². The summed E-state index contributed by atoms with van der Waals surface area (Å²) in [4.78, 5) is 22.7. The molecule has 0 bridgehead atoms. The third kappa shape index (κ3) is 6.20. The molecule has 1 amide bonds. The van der Waals surface area contributed by atoms with Crippen molar-refractivity contribution >= 4 is 11.9 Å². The van der Waals surface area contributed by atoms with Crippen LogP contribution in [0.25, 0.3) is 0 Å². The molecule has 5 nitrogen and oxygen atoms in total. The standard InChI is InChI=1S/C14H17F2NO4/c1-2-3-11(13(19)20)17-12(18)8-9-4-6-10(7-5-9)21-14(15)16/h4-7,11,14H,2-3,8H2,1H3,(H,17,18)(H,19,20). The SMILES string of the molecule is CCCC(NC(=O)Cc1ccc(OC(F)F)cc1)C(=O)O. The molecule has 1 unspecified atom stereocenters. The molecule has 0 spiro atoms. The van der Waals surface area contributed by atoms with Crippen LogP contribution in [0, 0.1) is 0 Å². The number of benzene rings is 1. The van der Waals surface area contributed by atoms with Crippen molar-refractivity contribution in [3.8, 4) is 5.75 Å². The lowest BCUT2D eigenvalue weighted by molar-refractivity contribution is -0.141. The molecular formula is C14H17F2NO4. The van der Waals surface area contributed by atoms with Gasteiger partial charge in [-0.2, -0.15) is 8.78 Å². The number of carboxylic acids is 1. The van der Waals surface area contributed by atoms with E-state index in [0.717, 1.165) is 0 Å². The molecule has 0 aliphatic heterocycles. The largest absolute Gasteiger partial charge is 0.480 e. The highest BCUT2D eigenvalue weighted by atomic mass is 19.3. The molecule has 0 aliphatic rings. The summed E-state index contributed by atoms with van der Waals surface area (Å²) < 4.78 is 28.2. The molecule has 0 aliphatic carbocycles. The van der Waals surface area contributed by atoms with Gasteiger partial charge in [0.1, 0.15) is 11.8 Å². The molecular weight excluding hydrogens is 284 g/mol. The zero-order chi connectivity index (χ0) is 15.8. The van der Waals surface area contributed by atoms with Crippen LogP contribution in [0.15, 0.2) is 24.3 Å². The molecule has 1 atom stereocenters. The second-order valence-electron chi connectivity index (χ2n) is 4.45. The number of nitrogens with one attached hydrogen (secondary N) is 1. The number of amides is 1. The zero-order valence-electron chi connectivity index (χ0n) is 11.5. The van der Waals surface area contributed by atoms with Gasteiger partial charge in [0.05, 0.1) is 6.42 Å². The van der Waals surface area contributed by atoms with Crippen molar-refractivity contribution in [3.63, 3.8) is 0 Å². The van der Waals surface area contributed by atoms with Crippen LogP contribution in [0.4, 0.5) is 8.78 Å². The van der Waals surface area contributed by atoms with E-state index in [2.05, 4.69) is 10.1 Å². The van der Waals surface area contributed by atoms with Gasteiger partial charge in [-0.3, -0.25) is 4.79 Å². The lowest BCUT2D eigenvalue weighted by atomic mass is 10.1. The van der Waals surface area contributed by atoms with Crippen molar-refractivity contribution in [2.45, 2.75) is 38.8 Å². The normalized spacial score (nSPS) is 12.0. The number of carbonyl (C=O) groups is 2. The number of aliphatic carboxylic acids is 1. The van der Waals surface area contributed by atoms with Gasteiger partial charge in [-0.1, -0.05) is 25.5 Å². The van der Waals surface area contributed by atoms with Gasteiger partial charge in [0.15, 0.2) is 0 Å². The summed E-state index contributed by atoms with van der Waals surface area (Å²) in [6, 6.07) is 4.70. The minimum atomic E-state index is -2.90. The Bertz CT molecular complexity index is 476. The monoisotopic (exact) mass is 301 g/mol. The van der Waals surface area contributed by atoms with E-state index in [9.17, 15) is 18.4 Å². The smallest absolute Gasteiger partial charge is 0.387 e. The summed E-state index contributed by atoms with van der Waals surface area (Å²) >= 11 is 0. The van der Waals surface area contributed by atoms with E-state index < -0.39 is 24.5 Å². The average molecular weight is 301 g/mol. The predicted molar refractivity (Wildman–Crippen MR) is 71.3 cm³/mol. The fourth-order valence-electron chi connectivity index (χ4n) is 1.77. The third-order valence-electron chi connectivity index (χ3n) is 2.72. The van der Waals surface area contributed by atoms with Crippen molar-refractivity contribution in [1.29, 1.82) is 0 Å². The first-order valence-corrected chi connectivity index (χ1v) is 6.48. The number of alkyl halides is 2. The van der Waals surface area contributed by atoms with E-state index in [0.29, 0.717) is 18.4 Å². The van der Waals surface area contributed by atoms with E-state index in [4.69, 9.17) is 5.11 Å². The lowest BCUT2D eigenvalue weighted by Crippen LogP contribution is -2.41. The molecule has 0 fully saturated rings. The Morgan fingerprint density at radius 3 is 2.38 bits per heavy atom. The fourth-order valence-corrected chi connectivity index (χ4v) is 1.77. The maximum absolute atomic E-state index is 12.0. The molecule has 1 aromatic carbocycles. The van der Waals surface area contributed by atoms with Gasteiger partial charge >= 0.3 is 12.6 Å². The van der Waals surface area contributed by atoms with Gasteiger partial charge in [0, 0.05) is 0 Å². The second kappa shape index (κ2) is 8.18. The summed E-state index contributed by atoms with van der Waals surface area (Å²) in [5.74, 6) is -1.51. The first kappa shape index (κ1) is 16.9. The molecule has 21 heavy (non-hydrogen) atoms. The van der Waals surface area contributed by atoms with E-state index in [-0.39, 0.29) is 12.2 Å². The van der Waals surface area contributed by atoms with Crippen LogP contribution in [-0.4, -0.2) is 29.6 Å². The summed E-state index contributed by atoms with van der Waals surface area (Å²) in [5.41, 5.74) is 0.578. The first-order chi connectivity index (χ1) is 9.92. The number of hydrogen-bond acceptors (Lipinski definition) is 3. The second-order valence-corrected chi connectivity index (χ2v) is 4.45. The maximum atomic E-state index is 12.0. The summed E-state index contributed by atoms with van der Waals surface area (Å²) in [5, 5.41) is 11.4. The van der Waals surface area contributed by atoms with Crippen LogP contribution >= 0.6 is 0 Å². The highest BCUT2D eigenvalue weighted by Crippen LogP contribution is 2.15. The van der Waals surface area contributed by atoms with Crippen LogP contribution in [-0.2, 0) is 16.0 Å². The highest BCUT2D eigenvalue weighted by molar-refractivity contribution is 5.84. The number of carbonyl (C=O) groups excluding carboxylic acids is 1. The maximum Gasteiger partial charge on any atom is 0.387 e. The van der Waals surface area contributed by atoms with Gasteiger partial charge in [-0.05, 0) is 24.1 Å². The van der Waals surface area contributed by atoms with Crippen LogP contribution in [0.2, 0.25) is 0 Å². The molecule has 0 heterocycles. The quantitative estimate of drug-likeness (QED) is 0.772. The highest BCUT2D eigenvalue weighted by Gasteiger charge is 2.18. The lowest BCUT2D eigenvalue weighted by Gasteiger charge is -2.13. The van der Waals surface area contributed by atoms with Crippen molar-refractivity contribution in [2.75, 3.05) is 0 Å². The molecule has 116 valence electrons. The molecule has 0 aromatic heterocycles. The first-order valence-electron chi connectivity index (χ1n) is 6.48. The molecule has 2 N–H and O–H groups in total. The molecule has 0 radical (unpaired) electrons. The van der Waals surface area contributed by atoms with Crippen LogP contribution in [0.5, 0.6) is 5.75 Å². The van der Waals surface area contributed by atoms with Crippen LogP contribution < -0.4 is 10.1 Å². The topological polar surface area (TPSA) is 75.6 Å². The Labute approximate surface area is 120 Å². The van der Waals surface area contributed by atoms with Gasteiger partial charge in [0.25, 0.3) is 0 Å². The Balaban J connectivity index is 2.56. The van der Waals surface area contributed by atoms with Crippen LogP contribution in [0.3, 0.4) is 0 Å². The van der Waals surface area contributed by atoms with Crippen molar-refractivity contribution < 1.29 is 28.2 Å². The van der Waals surface area contributed by atoms with Gasteiger partial charge in [-0.25, -0.2) is 4.79 Å². The van der Waals surface area contributed by atoms with Gasteiger partial charge in [0.2, 0.25) is 5.91 Å². The Morgan fingerprint density at radius 1 is 1.29 bits per heavy atom. The number of hydrogen-bond donors (Lipinski definition) is 2. The van der Waals surface area contributed by atoms with Crippen molar-refractivity contribution in [3.05, 3.63) is 29.8 Å². The average Bonchev–Trinajstić information content (AvgIpc) is 2.40. The number of rotatable bonds is 8. The summed E-state index contributed by atoms with van der Waals surface area (Å²) in [6.45, 7) is -1.08. The zero-order valence-corrected chi connectivity index (χ0v) is 11.5. The van der Waals surface area contributed by atoms with E-state index >= 15 is 0 Å². The minimum absolute atomic E-state index is 0.00329. The number of carboxylic acid groups (broad SMARTS) is 1. The Kier molecular flexibility index (Phi) is 6.58. The molecule has 7 heteroatoms. The van der Waals surface area contributed by atoms with E-state index in [1.165, 1.54) is 24.3 Å². The summed E-state index contributed by atoms with van der Waals surface area (Å²) in [6.07, 6.45) is 0.960. The minimum Gasteiger partial charge on any atom is -0.480 e. The van der Waals surface area contributed by atoms with Crippen LogP contribution in [0.1, 0.15) is 25.3 Å². The van der Waals surface area contributed by atoms with Gasteiger partial charge in [-0.15, -0.1) is 0 Å². The molecule has 1 rings (SSSR count). The van der Waals surface area contributed by atoms with E-state index in [1.54, 1.807) is 0 Å². The predicted octanol–water partition coefficient (Wildman–Crippen LogP) is 2.20. The Hall–Kier alpha value is -2.18. The third-order valence-corrected chi connectivity index (χ3v) is 2.72. The van der Waals surface area contributed by atoms with Crippen molar-refractivity contribution in [2.24, 2.45) is 0 Å². The molecule has 0 saturated carbocycles. The molecule has 0 saturated heterocycles. The summed E-state index contributed by atoms with van der Waals surface area (Å²) in [7, 11) is 0. The van der Waals surface area contributed by atoms with Gasteiger partial charge < -0.3 is 15.2 Å². The molecule has 1 aromatic rings.